The van der Waals surface area contributed by atoms with E-state index in [-0.39, 0.29) is 18.3 Å². The number of ether oxygens (including phenoxy) is 1. The van der Waals surface area contributed by atoms with Crippen LogP contribution in [0.1, 0.15) is 0 Å². The first kappa shape index (κ1) is 15.4. The van der Waals surface area contributed by atoms with E-state index >= 15 is 0 Å². The van der Waals surface area contributed by atoms with Crippen LogP contribution in [0, 0.1) is 0 Å². The second kappa shape index (κ2) is 6.33. The van der Waals surface area contributed by atoms with E-state index in [1.165, 1.54) is 22.1 Å². The number of carboxylic acid groups (broad SMARTS) is 1. The fourth-order valence-electron chi connectivity index (χ4n) is 2.49. The molecule has 2 aliphatic heterocycles. The fourth-order valence-corrected chi connectivity index (χ4v) is 3.49. The molecule has 1 aromatic rings. The van der Waals surface area contributed by atoms with Gasteiger partial charge in [0.25, 0.3) is 11.8 Å². The maximum Gasteiger partial charge on any atom is 0.353 e. The number of rotatable bonds is 5. The minimum absolute atomic E-state index is 0.0396. The van der Waals surface area contributed by atoms with Gasteiger partial charge >= 0.3 is 5.97 Å². The number of β-lactam (4-membered cyclic amide) rings is 1. The smallest absolute Gasteiger partial charge is 0.353 e. The molecule has 1 aromatic carbocycles. The summed E-state index contributed by atoms with van der Waals surface area (Å²) in [6.45, 7) is -0.199. The van der Waals surface area contributed by atoms with Gasteiger partial charge in [-0.1, -0.05) is 18.2 Å². The van der Waals surface area contributed by atoms with Gasteiger partial charge in [0, 0.05) is 11.2 Å². The average molecular weight is 334 g/mol. The van der Waals surface area contributed by atoms with Crippen molar-refractivity contribution in [2.24, 2.45) is 0 Å². The number of hydrogen-bond donors (Lipinski definition) is 2. The van der Waals surface area contributed by atoms with Gasteiger partial charge in [0.05, 0.1) is 6.04 Å². The molecular formula is C15H14N2O5S. The van der Waals surface area contributed by atoms with Crippen LogP contribution < -0.4 is 10.1 Å². The number of hydrogen-bond acceptors (Lipinski definition) is 5. The number of thioether (sulfide) groups is 1. The van der Waals surface area contributed by atoms with E-state index < -0.39 is 23.8 Å². The van der Waals surface area contributed by atoms with E-state index in [0.717, 1.165) is 0 Å². The SMILES string of the molecule is O=C(COc1ccccc1)NC1C(=O)N2C(C(=O)O)=CSCC12. The van der Waals surface area contributed by atoms with Crippen LogP contribution in [0.25, 0.3) is 0 Å². The van der Waals surface area contributed by atoms with E-state index in [1.807, 2.05) is 6.07 Å². The van der Waals surface area contributed by atoms with Gasteiger partial charge in [0.2, 0.25) is 0 Å². The zero-order chi connectivity index (χ0) is 16.4. The number of benzene rings is 1. The predicted molar refractivity (Wildman–Crippen MR) is 82.7 cm³/mol. The van der Waals surface area contributed by atoms with Crippen molar-refractivity contribution in [1.29, 1.82) is 0 Å². The van der Waals surface area contributed by atoms with E-state index in [9.17, 15) is 14.4 Å². The Labute approximate surface area is 136 Å². The van der Waals surface area contributed by atoms with Crippen molar-refractivity contribution in [3.05, 3.63) is 41.4 Å². The standard InChI is InChI=1S/C15H14N2O5S/c18-12(6-22-9-4-2-1-3-5-9)16-13-10-7-23-8-11(15(20)21)17(10)14(13)19/h1-5,8,10,13H,6-7H2,(H,16,18)(H,20,21). The maximum absolute atomic E-state index is 12.1. The fraction of sp³-hybridized carbons (Fsp3) is 0.267. The van der Waals surface area contributed by atoms with Gasteiger partial charge in [-0.05, 0) is 12.1 Å². The minimum atomic E-state index is -1.15. The Balaban J connectivity index is 1.55. The topological polar surface area (TPSA) is 95.9 Å². The van der Waals surface area contributed by atoms with Crippen molar-refractivity contribution in [1.82, 2.24) is 10.2 Å². The first-order valence-corrected chi connectivity index (χ1v) is 7.98. The van der Waals surface area contributed by atoms with Crippen molar-refractivity contribution in [2.45, 2.75) is 12.1 Å². The molecule has 120 valence electrons. The number of fused-ring (bicyclic) bond motifs is 1. The molecule has 1 saturated heterocycles. The Morgan fingerprint density at radius 2 is 2.09 bits per heavy atom. The van der Waals surface area contributed by atoms with Crippen molar-refractivity contribution < 1.29 is 24.2 Å². The van der Waals surface area contributed by atoms with Crippen LogP contribution >= 0.6 is 11.8 Å². The number of amides is 2. The summed E-state index contributed by atoms with van der Waals surface area (Å²) in [6.07, 6.45) is 0. The van der Waals surface area contributed by atoms with Gasteiger partial charge in [0.1, 0.15) is 17.5 Å². The van der Waals surface area contributed by atoms with E-state index in [0.29, 0.717) is 11.5 Å². The van der Waals surface area contributed by atoms with Crippen molar-refractivity contribution in [3.8, 4) is 5.75 Å². The average Bonchev–Trinajstić information content (AvgIpc) is 2.57. The lowest BCUT2D eigenvalue weighted by atomic mass is 9.95. The Kier molecular flexibility index (Phi) is 4.24. The highest BCUT2D eigenvalue weighted by Gasteiger charge is 2.52. The number of aliphatic carboxylic acids is 1. The van der Waals surface area contributed by atoms with Crippen molar-refractivity contribution >= 4 is 29.5 Å². The van der Waals surface area contributed by atoms with Crippen LogP contribution in [0.4, 0.5) is 0 Å². The molecule has 7 nitrogen and oxygen atoms in total. The molecule has 2 aliphatic rings. The molecule has 0 aliphatic carbocycles. The molecule has 0 spiro atoms. The Hall–Kier alpha value is -2.48. The van der Waals surface area contributed by atoms with Gasteiger partial charge in [-0.3, -0.25) is 14.5 Å². The first-order chi connectivity index (χ1) is 11.1. The molecule has 8 heteroatoms. The molecule has 2 atom stereocenters. The Morgan fingerprint density at radius 1 is 1.35 bits per heavy atom. The monoisotopic (exact) mass is 334 g/mol. The van der Waals surface area contributed by atoms with Gasteiger partial charge in [-0.25, -0.2) is 4.79 Å². The highest BCUT2D eigenvalue weighted by molar-refractivity contribution is 8.02. The Morgan fingerprint density at radius 3 is 2.78 bits per heavy atom. The number of carboxylic acids is 1. The lowest BCUT2D eigenvalue weighted by Crippen LogP contribution is -2.72. The van der Waals surface area contributed by atoms with Gasteiger partial charge in [-0.2, -0.15) is 0 Å². The lowest BCUT2D eigenvalue weighted by Gasteiger charge is -2.48. The van der Waals surface area contributed by atoms with Crippen LogP contribution in [0.5, 0.6) is 5.75 Å². The number of para-hydroxylation sites is 1. The third-order valence-electron chi connectivity index (χ3n) is 3.59. The van der Waals surface area contributed by atoms with E-state index in [1.54, 1.807) is 24.3 Å². The second-order valence-corrected chi connectivity index (χ2v) is 5.97. The normalized spacial score (nSPS) is 22.5. The van der Waals surface area contributed by atoms with E-state index in [4.69, 9.17) is 9.84 Å². The summed E-state index contributed by atoms with van der Waals surface area (Å²) >= 11 is 1.32. The second-order valence-electron chi connectivity index (χ2n) is 5.06. The zero-order valence-electron chi connectivity index (χ0n) is 12.0. The highest BCUT2D eigenvalue weighted by atomic mass is 32.2. The summed E-state index contributed by atoms with van der Waals surface area (Å²) < 4.78 is 5.32. The summed E-state index contributed by atoms with van der Waals surface area (Å²) in [5.41, 5.74) is -0.0396. The van der Waals surface area contributed by atoms with Crippen LogP contribution in [-0.4, -0.2) is 52.2 Å². The lowest BCUT2D eigenvalue weighted by molar-refractivity contribution is -0.153. The number of nitrogens with zero attached hydrogens (tertiary/aromatic N) is 1. The third kappa shape index (κ3) is 3.02. The van der Waals surface area contributed by atoms with Gasteiger partial charge < -0.3 is 15.2 Å². The molecule has 0 saturated carbocycles. The van der Waals surface area contributed by atoms with E-state index in [2.05, 4.69) is 5.32 Å². The molecule has 1 fully saturated rings. The zero-order valence-corrected chi connectivity index (χ0v) is 12.8. The molecule has 0 radical (unpaired) electrons. The van der Waals surface area contributed by atoms with Crippen molar-refractivity contribution in [3.63, 3.8) is 0 Å². The molecular weight excluding hydrogens is 320 g/mol. The Bertz CT molecular complexity index is 676. The summed E-state index contributed by atoms with van der Waals surface area (Å²) in [4.78, 5) is 36.3. The number of carbonyl (C=O) groups excluding carboxylic acids is 2. The number of nitrogens with one attached hydrogen (secondary N) is 1. The summed E-state index contributed by atoms with van der Waals surface area (Å²) in [5.74, 6) is -0.853. The quantitative estimate of drug-likeness (QED) is 0.759. The van der Waals surface area contributed by atoms with Crippen LogP contribution in [0.15, 0.2) is 41.4 Å². The third-order valence-corrected chi connectivity index (χ3v) is 4.51. The predicted octanol–water partition coefficient (Wildman–Crippen LogP) is 0.434. The molecule has 3 rings (SSSR count). The van der Waals surface area contributed by atoms with Crippen molar-refractivity contribution in [2.75, 3.05) is 12.4 Å². The molecule has 2 unspecified atom stereocenters. The molecule has 0 bridgehead atoms. The molecule has 2 heterocycles. The van der Waals surface area contributed by atoms with Crippen LogP contribution in [0.2, 0.25) is 0 Å². The maximum atomic E-state index is 12.1. The molecule has 2 N–H and O–H groups in total. The summed E-state index contributed by atoms with van der Waals surface area (Å²) in [5, 5.41) is 13.1. The van der Waals surface area contributed by atoms with Gasteiger partial charge in [-0.15, -0.1) is 11.8 Å². The van der Waals surface area contributed by atoms with Crippen LogP contribution in [-0.2, 0) is 14.4 Å². The molecule has 2 amide bonds. The molecule has 0 aromatic heterocycles. The first-order valence-electron chi connectivity index (χ1n) is 6.93. The van der Waals surface area contributed by atoms with Gasteiger partial charge in [0.15, 0.2) is 6.61 Å². The summed E-state index contributed by atoms with van der Waals surface area (Å²) in [7, 11) is 0. The molecule has 23 heavy (non-hydrogen) atoms. The number of carbonyl (C=O) groups is 3. The largest absolute Gasteiger partial charge is 0.484 e. The summed E-state index contributed by atoms with van der Waals surface area (Å²) in [6, 6.07) is 7.85. The van der Waals surface area contributed by atoms with Crippen LogP contribution in [0.3, 0.4) is 0 Å². The highest BCUT2D eigenvalue weighted by Crippen LogP contribution is 2.34. The minimum Gasteiger partial charge on any atom is -0.484 e.